The molecule has 0 amide bonds. The van der Waals surface area contributed by atoms with Crippen molar-refractivity contribution in [2.75, 3.05) is 26.5 Å². The van der Waals surface area contributed by atoms with E-state index in [-0.39, 0.29) is 5.41 Å². The van der Waals surface area contributed by atoms with Gasteiger partial charge in [-0.3, -0.25) is 0 Å². The van der Waals surface area contributed by atoms with Crippen LogP contribution in [0.5, 0.6) is 0 Å². The molecule has 0 bridgehead atoms. The van der Waals surface area contributed by atoms with E-state index < -0.39 is 10.2 Å². The predicted molar refractivity (Wildman–Crippen MR) is 59.7 cm³/mol. The van der Waals surface area contributed by atoms with Crippen molar-refractivity contribution in [2.24, 2.45) is 5.41 Å². The summed E-state index contributed by atoms with van der Waals surface area (Å²) in [5.41, 5.74) is -0.106. The molecule has 1 N–H and O–H groups in total. The molecular formula is C8H19ClN2O2S. The van der Waals surface area contributed by atoms with E-state index in [0.29, 0.717) is 12.4 Å². The molecule has 0 fully saturated rings. The molecule has 0 saturated heterocycles. The number of alkyl halides is 1. The molecule has 4 nitrogen and oxygen atoms in total. The van der Waals surface area contributed by atoms with Crippen LogP contribution in [0.1, 0.15) is 20.3 Å². The molecule has 0 unspecified atom stereocenters. The Bertz CT molecular complexity index is 263. The maximum Gasteiger partial charge on any atom is 0.278 e. The van der Waals surface area contributed by atoms with Gasteiger partial charge in [0.15, 0.2) is 0 Å². The van der Waals surface area contributed by atoms with E-state index in [2.05, 4.69) is 4.72 Å². The standard InChI is InChI=1S/C8H19ClN2O2S/c1-8(2,5-6-9)7-10-14(12,13)11(3)4/h10H,5-7H2,1-4H3. The smallest absolute Gasteiger partial charge is 0.202 e. The van der Waals surface area contributed by atoms with Gasteiger partial charge in [-0.15, -0.1) is 11.6 Å². The second-order valence-electron chi connectivity index (χ2n) is 4.21. The summed E-state index contributed by atoms with van der Waals surface area (Å²) in [6.45, 7) is 4.36. The fraction of sp³-hybridized carbons (Fsp3) is 1.00. The number of nitrogens with zero attached hydrogens (tertiary/aromatic N) is 1. The molecule has 0 saturated carbocycles. The van der Waals surface area contributed by atoms with Crippen molar-refractivity contribution in [2.45, 2.75) is 20.3 Å². The van der Waals surface area contributed by atoms with Gasteiger partial charge in [0.2, 0.25) is 0 Å². The first-order valence-electron chi connectivity index (χ1n) is 4.44. The number of rotatable bonds is 6. The van der Waals surface area contributed by atoms with Crippen molar-refractivity contribution in [1.82, 2.24) is 9.03 Å². The molecule has 0 aromatic rings. The van der Waals surface area contributed by atoms with Crippen molar-refractivity contribution in [3.63, 3.8) is 0 Å². The lowest BCUT2D eigenvalue weighted by atomic mass is 9.91. The van der Waals surface area contributed by atoms with Gasteiger partial charge in [-0.25, -0.2) is 4.72 Å². The molecule has 0 aliphatic carbocycles. The SMILES string of the molecule is CN(C)S(=O)(=O)NCC(C)(C)CCCl. The van der Waals surface area contributed by atoms with E-state index in [1.807, 2.05) is 13.8 Å². The van der Waals surface area contributed by atoms with Crippen molar-refractivity contribution in [3.05, 3.63) is 0 Å². The highest BCUT2D eigenvalue weighted by Crippen LogP contribution is 2.19. The minimum absolute atomic E-state index is 0.106. The zero-order chi connectivity index (χ0) is 11.4. The molecule has 0 aromatic heterocycles. The van der Waals surface area contributed by atoms with Crippen LogP contribution in [0.15, 0.2) is 0 Å². The number of hydrogen-bond acceptors (Lipinski definition) is 2. The highest BCUT2D eigenvalue weighted by molar-refractivity contribution is 7.87. The summed E-state index contributed by atoms with van der Waals surface area (Å²) in [6.07, 6.45) is 0.782. The topological polar surface area (TPSA) is 49.4 Å². The average Bonchev–Trinajstić information content (AvgIpc) is 2.01. The minimum atomic E-state index is -3.31. The second-order valence-corrected chi connectivity index (χ2v) is 6.56. The molecular weight excluding hydrogens is 224 g/mol. The highest BCUT2D eigenvalue weighted by atomic mass is 35.5. The summed E-state index contributed by atoms with van der Waals surface area (Å²) in [6, 6.07) is 0. The molecule has 0 radical (unpaired) electrons. The van der Waals surface area contributed by atoms with Crippen LogP contribution in [0.2, 0.25) is 0 Å². The Morgan fingerprint density at radius 2 is 1.86 bits per heavy atom. The van der Waals surface area contributed by atoms with Crippen molar-refractivity contribution < 1.29 is 8.42 Å². The Kier molecular flexibility index (Phi) is 5.36. The third-order valence-corrected chi connectivity index (χ3v) is 3.64. The average molecular weight is 243 g/mol. The predicted octanol–water partition coefficient (Wildman–Crippen LogP) is 1.04. The summed E-state index contributed by atoms with van der Waals surface area (Å²) < 4.78 is 26.4. The van der Waals surface area contributed by atoms with Gasteiger partial charge in [-0.2, -0.15) is 12.7 Å². The van der Waals surface area contributed by atoms with Crippen molar-refractivity contribution in [3.8, 4) is 0 Å². The fourth-order valence-corrected chi connectivity index (χ4v) is 2.10. The van der Waals surface area contributed by atoms with E-state index in [9.17, 15) is 8.42 Å². The molecule has 0 aromatic carbocycles. The zero-order valence-corrected chi connectivity index (χ0v) is 10.7. The maximum absolute atomic E-state index is 11.4. The van der Waals surface area contributed by atoms with Gasteiger partial charge < -0.3 is 0 Å². The second kappa shape index (κ2) is 5.30. The summed E-state index contributed by atoms with van der Waals surface area (Å²) >= 11 is 5.61. The Morgan fingerprint density at radius 1 is 1.36 bits per heavy atom. The Balaban J connectivity index is 4.19. The van der Waals surface area contributed by atoms with Crippen LogP contribution >= 0.6 is 11.6 Å². The monoisotopic (exact) mass is 242 g/mol. The van der Waals surface area contributed by atoms with E-state index in [1.165, 1.54) is 14.1 Å². The third-order valence-electron chi connectivity index (χ3n) is 1.99. The lowest BCUT2D eigenvalue weighted by Crippen LogP contribution is -2.40. The van der Waals surface area contributed by atoms with Gasteiger partial charge in [0.05, 0.1) is 0 Å². The number of hydrogen-bond donors (Lipinski definition) is 1. The summed E-state index contributed by atoms with van der Waals surface area (Å²) in [4.78, 5) is 0. The van der Waals surface area contributed by atoms with Crippen LogP contribution in [0.4, 0.5) is 0 Å². The van der Waals surface area contributed by atoms with Crippen LogP contribution in [0.25, 0.3) is 0 Å². The largest absolute Gasteiger partial charge is 0.278 e. The minimum Gasteiger partial charge on any atom is -0.202 e. The molecule has 0 rings (SSSR count). The lowest BCUT2D eigenvalue weighted by molar-refractivity contribution is 0.348. The van der Waals surface area contributed by atoms with Gasteiger partial charge in [-0.05, 0) is 11.8 Å². The summed E-state index contributed by atoms with van der Waals surface area (Å²) in [7, 11) is -0.316. The first-order chi connectivity index (χ1) is 6.21. The maximum atomic E-state index is 11.4. The molecule has 0 spiro atoms. The van der Waals surface area contributed by atoms with Crippen LogP contribution in [-0.2, 0) is 10.2 Å². The first-order valence-corrected chi connectivity index (χ1v) is 6.42. The molecule has 0 heterocycles. The van der Waals surface area contributed by atoms with Gasteiger partial charge in [0.25, 0.3) is 10.2 Å². The van der Waals surface area contributed by atoms with Crippen molar-refractivity contribution >= 4 is 21.8 Å². The number of halogens is 1. The first kappa shape index (κ1) is 14.2. The van der Waals surface area contributed by atoms with Crippen LogP contribution in [0.3, 0.4) is 0 Å². The number of nitrogens with one attached hydrogen (secondary N) is 1. The van der Waals surface area contributed by atoms with E-state index in [0.717, 1.165) is 10.7 Å². The Hall–Kier alpha value is 0.160. The normalized spacial score (nSPS) is 13.6. The highest BCUT2D eigenvalue weighted by Gasteiger charge is 2.21. The zero-order valence-electron chi connectivity index (χ0n) is 9.17. The molecule has 0 aliphatic rings. The van der Waals surface area contributed by atoms with E-state index in [1.54, 1.807) is 0 Å². The lowest BCUT2D eigenvalue weighted by Gasteiger charge is -2.24. The van der Waals surface area contributed by atoms with Crippen LogP contribution < -0.4 is 4.72 Å². The van der Waals surface area contributed by atoms with E-state index >= 15 is 0 Å². The fourth-order valence-electron chi connectivity index (χ4n) is 0.760. The molecule has 14 heavy (non-hydrogen) atoms. The quantitative estimate of drug-likeness (QED) is 0.708. The summed E-state index contributed by atoms with van der Waals surface area (Å²) in [5, 5.41) is 0. The third kappa shape index (κ3) is 5.14. The van der Waals surface area contributed by atoms with Gasteiger partial charge in [0, 0.05) is 26.5 Å². The molecule has 0 aliphatic heterocycles. The van der Waals surface area contributed by atoms with E-state index in [4.69, 9.17) is 11.6 Å². The Morgan fingerprint density at radius 3 is 2.21 bits per heavy atom. The van der Waals surface area contributed by atoms with Crippen molar-refractivity contribution in [1.29, 1.82) is 0 Å². The van der Waals surface area contributed by atoms with Crippen LogP contribution in [-0.4, -0.2) is 39.2 Å². The Labute approximate surface area is 91.8 Å². The van der Waals surface area contributed by atoms with Gasteiger partial charge >= 0.3 is 0 Å². The molecule has 0 atom stereocenters. The van der Waals surface area contributed by atoms with Crippen LogP contribution in [0, 0.1) is 5.41 Å². The molecule has 86 valence electrons. The summed E-state index contributed by atoms with van der Waals surface area (Å²) in [5.74, 6) is 0.538. The molecule has 6 heteroatoms. The van der Waals surface area contributed by atoms with Gasteiger partial charge in [0.1, 0.15) is 0 Å². The van der Waals surface area contributed by atoms with Gasteiger partial charge in [-0.1, -0.05) is 13.8 Å².